The predicted octanol–water partition coefficient (Wildman–Crippen LogP) is 3.60. The lowest BCUT2D eigenvalue weighted by molar-refractivity contribution is 0.193. The lowest BCUT2D eigenvalue weighted by atomic mass is 9.97. The second-order valence-electron chi connectivity index (χ2n) is 7.99. The molecule has 0 fully saturated rings. The number of hydrogen-bond donors (Lipinski definition) is 3. The predicted molar refractivity (Wildman–Crippen MR) is 123 cm³/mol. The molecule has 3 aromatic heterocycles. The lowest BCUT2D eigenvalue weighted by Crippen LogP contribution is -2.46. The molecule has 0 aliphatic carbocycles. The molecule has 4 aromatic rings. The van der Waals surface area contributed by atoms with Gasteiger partial charge < -0.3 is 19.8 Å². The highest BCUT2D eigenvalue weighted by Gasteiger charge is 2.23. The molecule has 5 rings (SSSR count). The minimum Gasteiger partial charge on any atom is -0.383 e. The molecular formula is C23H25N7O. The van der Waals surface area contributed by atoms with Gasteiger partial charge in [-0.25, -0.2) is 9.98 Å². The van der Waals surface area contributed by atoms with Crippen LogP contribution >= 0.6 is 0 Å². The van der Waals surface area contributed by atoms with E-state index < -0.39 is 0 Å². The van der Waals surface area contributed by atoms with Crippen molar-refractivity contribution in [3.63, 3.8) is 0 Å². The van der Waals surface area contributed by atoms with Crippen LogP contribution in [0, 0.1) is 0 Å². The maximum atomic E-state index is 5.13. The molecule has 0 radical (unpaired) electrons. The monoisotopic (exact) mass is 415 g/mol. The molecule has 0 spiro atoms. The maximum absolute atomic E-state index is 5.13. The van der Waals surface area contributed by atoms with Crippen LogP contribution in [0.3, 0.4) is 0 Å². The van der Waals surface area contributed by atoms with Crippen molar-refractivity contribution in [3.05, 3.63) is 60.9 Å². The van der Waals surface area contributed by atoms with Crippen molar-refractivity contribution in [3.8, 4) is 11.1 Å². The van der Waals surface area contributed by atoms with Crippen molar-refractivity contribution in [1.82, 2.24) is 24.9 Å². The van der Waals surface area contributed by atoms with Crippen LogP contribution < -0.4 is 10.6 Å². The molecule has 1 aliphatic rings. The number of rotatable bonds is 7. The number of anilines is 1. The van der Waals surface area contributed by atoms with E-state index in [4.69, 9.17) is 4.74 Å². The highest BCUT2D eigenvalue weighted by Crippen LogP contribution is 2.29. The number of fused-ring (bicyclic) bond motifs is 2. The lowest BCUT2D eigenvalue weighted by Gasteiger charge is -2.28. The summed E-state index contributed by atoms with van der Waals surface area (Å²) in [6.07, 6.45) is 12.6. The van der Waals surface area contributed by atoms with E-state index >= 15 is 0 Å². The minimum atomic E-state index is -0.173. The SMILES string of the molecule is COCCNC1(C)C=NC(Nc2cc(-c3ccc4cn[nH]c4c3)cn3ccnc23)=CC1. The summed E-state index contributed by atoms with van der Waals surface area (Å²) in [6.45, 7) is 3.60. The molecule has 4 heterocycles. The third kappa shape index (κ3) is 3.95. The molecule has 8 heteroatoms. The number of imidazole rings is 1. The van der Waals surface area contributed by atoms with Gasteiger partial charge in [0.1, 0.15) is 5.82 Å². The standard InChI is InChI=1S/C23H25N7O/c1-23(26-8-10-31-2)6-5-21(25-15-23)28-20-12-18(14-30-9-7-24-22(20)30)16-3-4-17-13-27-29-19(17)11-16/h3-5,7,9,11-15,26,28H,6,8,10H2,1-2H3,(H,27,29). The number of methoxy groups -OCH3 is 1. The number of benzene rings is 1. The highest BCUT2D eigenvalue weighted by molar-refractivity contribution is 5.85. The van der Waals surface area contributed by atoms with Gasteiger partial charge in [-0.05, 0) is 37.1 Å². The van der Waals surface area contributed by atoms with Crippen LogP contribution in [0.1, 0.15) is 13.3 Å². The highest BCUT2D eigenvalue weighted by atomic mass is 16.5. The van der Waals surface area contributed by atoms with E-state index in [1.807, 2.05) is 23.0 Å². The van der Waals surface area contributed by atoms with E-state index in [0.29, 0.717) is 6.61 Å². The van der Waals surface area contributed by atoms with Crippen molar-refractivity contribution in [2.75, 3.05) is 25.6 Å². The second kappa shape index (κ2) is 7.98. The van der Waals surface area contributed by atoms with E-state index in [9.17, 15) is 0 Å². The smallest absolute Gasteiger partial charge is 0.160 e. The van der Waals surface area contributed by atoms with Gasteiger partial charge in [0.2, 0.25) is 0 Å². The van der Waals surface area contributed by atoms with Gasteiger partial charge >= 0.3 is 0 Å². The van der Waals surface area contributed by atoms with Crippen molar-refractivity contribution < 1.29 is 4.74 Å². The molecule has 1 aliphatic heterocycles. The summed E-state index contributed by atoms with van der Waals surface area (Å²) in [7, 11) is 1.71. The van der Waals surface area contributed by atoms with Gasteiger partial charge in [0, 0.05) is 49.4 Å². The quantitative estimate of drug-likeness (QED) is 0.401. The Bertz CT molecular complexity index is 1290. The Labute approximate surface area is 180 Å². The van der Waals surface area contributed by atoms with E-state index in [2.05, 4.69) is 74.3 Å². The summed E-state index contributed by atoms with van der Waals surface area (Å²) in [6, 6.07) is 8.40. The first-order valence-electron chi connectivity index (χ1n) is 10.3. The minimum absolute atomic E-state index is 0.173. The molecule has 1 aromatic carbocycles. The van der Waals surface area contributed by atoms with Crippen LogP contribution in [-0.4, -0.2) is 51.6 Å². The Kier molecular flexibility index (Phi) is 5.01. The Morgan fingerprint density at radius 1 is 1.26 bits per heavy atom. The normalized spacial score (nSPS) is 18.6. The Morgan fingerprint density at radius 3 is 3.03 bits per heavy atom. The summed E-state index contributed by atoms with van der Waals surface area (Å²) < 4.78 is 7.15. The summed E-state index contributed by atoms with van der Waals surface area (Å²) in [4.78, 5) is 9.17. The number of aromatic nitrogens is 4. The van der Waals surface area contributed by atoms with E-state index in [0.717, 1.165) is 52.2 Å². The van der Waals surface area contributed by atoms with Gasteiger partial charge in [-0.15, -0.1) is 0 Å². The van der Waals surface area contributed by atoms with Gasteiger partial charge in [-0.2, -0.15) is 5.10 Å². The average molecular weight is 416 g/mol. The van der Waals surface area contributed by atoms with Gasteiger partial charge in [-0.1, -0.05) is 12.1 Å². The van der Waals surface area contributed by atoms with E-state index in [-0.39, 0.29) is 5.54 Å². The van der Waals surface area contributed by atoms with E-state index in [1.54, 1.807) is 13.3 Å². The molecule has 0 saturated heterocycles. The number of aliphatic imine (C=N–C) groups is 1. The molecule has 8 nitrogen and oxygen atoms in total. The summed E-state index contributed by atoms with van der Waals surface area (Å²) in [5.41, 5.74) is 4.79. The molecule has 0 saturated carbocycles. The summed E-state index contributed by atoms with van der Waals surface area (Å²) in [5, 5.41) is 15.2. The van der Waals surface area contributed by atoms with Crippen LogP contribution in [0.2, 0.25) is 0 Å². The number of pyridine rings is 1. The fourth-order valence-electron chi connectivity index (χ4n) is 3.80. The number of nitrogens with zero attached hydrogens (tertiary/aromatic N) is 4. The Morgan fingerprint density at radius 2 is 2.19 bits per heavy atom. The Balaban J connectivity index is 1.42. The van der Waals surface area contributed by atoms with Crippen molar-refractivity contribution >= 4 is 28.5 Å². The second-order valence-corrected chi connectivity index (χ2v) is 7.99. The van der Waals surface area contributed by atoms with Crippen LogP contribution in [0.4, 0.5) is 5.69 Å². The first-order valence-corrected chi connectivity index (χ1v) is 10.3. The zero-order valence-electron chi connectivity index (χ0n) is 17.6. The molecule has 3 N–H and O–H groups in total. The van der Waals surface area contributed by atoms with Gasteiger partial charge in [-0.3, -0.25) is 5.10 Å². The van der Waals surface area contributed by atoms with Gasteiger partial charge in [0.15, 0.2) is 5.65 Å². The maximum Gasteiger partial charge on any atom is 0.160 e. The Hall–Kier alpha value is -3.49. The first-order chi connectivity index (χ1) is 15.1. The average Bonchev–Trinajstić information content (AvgIpc) is 3.44. The fourth-order valence-corrected chi connectivity index (χ4v) is 3.80. The zero-order chi connectivity index (χ0) is 21.3. The largest absolute Gasteiger partial charge is 0.383 e. The molecule has 158 valence electrons. The van der Waals surface area contributed by atoms with Gasteiger partial charge in [0.25, 0.3) is 0 Å². The summed E-state index contributed by atoms with van der Waals surface area (Å²) >= 11 is 0. The topological polar surface area (TPSA) is 91.6 Å². The first kappa shape index (κ1) is 19.5. The molecule has 1 unspecified atom stereocenters. The number of hydrogen-bond acceptors (Lipinski definition) is 6. The van der Waals surface area contributed by atoms with Crippen LogP contribution in [0.25, 0.3) is 27.7 Å². The van der Waals surface area contributed by atoms with Gasteiger partial charge in [0.05, 0.1) is 29.5 Å². The van der Waals surface area contributed by atoms with Crippen LogP contribution in [0.5, 0.6) is 0 Å². The third-order valence-corrected chi connectivity index (χ3v) is 5.57. The third-order valence-electron chi connectivity index (χ3n) is 5.57. The van der Waals surface area contributed by atoms with Crippen LogP contribution in [0.15, 0.2) is 65.9 Å². The molecule has 0 amide bonds. The molecular weight excluding hydrogens is 390 g/mol. The number of aromatic amines is 1. The molecule has 0 bridgehead atoms. The number of nitrogens with one attached hydrogen (secondary N) is 3. The summed E-state index contributed by atoms with van der Waals surface area (Å²) in [5.74, 6) is 0.817. The fraction of sp³-hybridized carbons (Fsp3) is 0.261. The zero-order valence-corrected chi connectivity index (χ0v) is 17.6. The van der Waals surface area contributed by atoms with Crippen molar-refractivity contribution in [2.24, 2.45) is 4.99 Å². The van der Waals surface area contributed by atoms with E-state index in [1.165, 1.54) is 0 Å². The van der Waals surface area contributed by atoms with Crippen molar-refractivity contribution in [2.45, 2.75) is 18.9 Å². The molecule has 1 atom stereocenters. The number of ether oxygens (including phenoxy) is 1. The molecule has 31 heavy (non-hydrogen) atoms. The number of H-pyrrole nitrogens is 1. The van der Waals surface area contributed by atoms with Crippen molar-refractivity contribution in [1.29, 1.82) is 0 Å². The van der Waals surface area contributed by atoms with Crippen LogP contribution in [-0.2, 0) is 4.74 Å².